The minimum absolute atomic E-state index is 0.00983. The van der Waals surface area contributed by atoms with E-state index in [9.17, 15) is 15.2 Å². The van der Waals surface area contributed by atoms with E-state index < -0.39 is 0 Å². The van der Waals surface area contributed by atoms with Crippen LogP contribution in [-0.4, -0.2) is 54.1 Å². The lowest BCUT2D eigenvalue weighted by molar-refractivity contribution is -0.672. The second kappa shape index (κ2) is 11.4. The SMILES string of the molecule is Cc1ccc2c(c1)[n+]([O-])c(NCCCN(C)CCCNC(=O)c1cccc3cc4ccccc4nc13)n[n+]2[O-]. The summed E-state index contributed by atoms with van der Waals surface area (Å²) < 4.78 is 0.664. The van der Waals surface area contributed by atoms with Crippen LogP contribution < -0.4 is 20.2 Å². The summed E-state index contributed by atoms with van der Waals surface area (Å²) in [5.41, 5.74) is 3.56. The lowest BCUT2D eigenvalue weighted by atomic mass is 10.1. The smallest absolute Gasteiger partial charge is 0.460 e. The first-order chi connectivity index (χ1) is 18.9. The fourth-order valence-corrected chi connectivity index (χ4v) is 4.65. The van der Waals surface area contributed by atoms with Crippen molar-refractivity contribution in [3.05, 3.63) is 88.3 Å². The standard InChI is InChI=1S/C29H31N7O3/c1-20-12-13-25-26(18-20)35(38)29(33-36(25)39)31-15-7-17-34(2)16-6-14-30-28(37)23-10-5-9-22-19-21-8-3-4-11-24(21)32-27(22)23/h3-5,8-13,18-19H,6-7,14-17H2,1-2H3,(H,30,37)(H,31,33). The van der Waals surface area contributed by atoms with E-state index in [1.54, 1.807) is 18.2 Å². The number of fused-ring (bicyclic) bond motifs is 3. The van der Waals surface area contributed by atoms with Crippen LogP contribution in [-0.2, 0) is 0 Å². The first-order valence-electron chi connectivity index (χ1n) is 13.0. The number of nitrogens with zero attached hydrogens (tertiary/aromatic N) is 5. The van der Waals surface area contributed by atoms with E-state index in [0.717, 1.165) is 47.8 Å². The van der Waals surface area contributed by atoms with E-state index in [2.05, 4.69) is 26.7 Å². The summed E-state index contributed by atoms with van der Waals surface area (Å²) in [6.07, 6.45) is 1.55. The van der Waals surface area contributed by atoms with Crippen LogP contribution >= 0.6 is 0 Å². The summed E-state index contributed by atoms with van der Waals surface area (Å²) in [6.45, 7) is 4.49. The number of rotatable bonds is 10. The van der Waals surface area contributed by atoms with Crippen LogP contribution in [0, 0.1) is 17.3 Å². The average molecular weight is 526 g/mol. The summed E-state index contributed by atoms with van der Waals surface area (Å²) in [5.74, 6) is -0.140. The number of benzene rings is 3. The Bertz CT molecular complexity index is 1660. The van der Waals surface area contributed by atoms with Crippen molar-refractivity contribution in [3.8, 4) is 0 Å². The number of carbonyl (C=O) groups is 1. The Morgan fingerprint density at radius 2 is 1.69 bits per heavy atom. The molecule has 5 rings (SSSR count). The molecule has 0 aliphatic carbocycles. The molecule has 0 unspecified atom stereocenters. The highest BCUT2D eigenvalue weighted by atomic mass is 16.5. The van der Waals surface area contributed by atoms with Gasteiger partial charge in [0.05, 0.1) is 23.1 Å². The minimum atomic E-state index is -0.130. The zero-order chi connectivity index (χ0) is 27.4. The maximum Gasteiger partial charge on any atom is 0.460 e. The number of aryl methyl sites for hydroxylation is 1. The van der Waals surface area contributed by atoms with Gasteiger partial charge in [-0.25, -0.2) is 9.71 Å². The normalized spacial score (nSPS) is 11.5. The molecule has 0 saturated carbocycles. The summed E-state index contributed by atoms with van der Waals surface area (Å²) in [4.78, 5) is 20.3. The van der Waals surface area contributed by atoms with E-state index >= 15 is 0 Å². The van der Waals surface area contributed by atoms with Gasteiger partial charge in [-0.2, -0.15) is 0 Å². The molecule has 0 radical (unpaired) electrons. The number of nitrogens with one attached hydrogen (secondary N) is 2. The molecule has 0 atom stereocenters. The Kier molecular flexibility index (Phi) is 7.64. The van der Waals surface area contributed by atoms with Gasteiger partial charge in [-0.1, -0.05) is 36.4 Å². The Balaban J connectivity index is 1.07. The van der Waals surface area contributed by atoms with Crippen molar-refractivity contribution in [2.24, 2.45) is 0 Å². The van der Waals surface area contributed by atoms with Gasteiger partial charge in [-0.3, -0.25) is 10.1 Å². The van der Waals surface area contributed by atoms with Gasteiger partial charge in [0, 0.05) is 34.8 Å². The summed E-state index contributed by atoms with van der Waals surface area (Å²) >= 11 is 0. The van der Waals surface area contributed by atoms with Crippen molar-refractivity contribution in [2.45, 2.75) is 19.8 Å². The third kappa shape index (κ3) is 5.80. The van der Waals surface area contributed by atoms with E-state index in [-0.39, 0.29) is 22.9 Å². The Labute approximate surface area is 226 Å². The largest absolute Gasteiger partial charge is 0.739 e. The molecule has 0 saturated heterocycles. The maximum absolute atomic E-state index is 12.9. The molecule has 1 amide bonds. The second-order valence-corrected chi connectivity index (χ2v) is 9.73. The summed E-state index contributed by atoms with van der Waals surface area (Å²) in [6, 6.07) is 20.7. The summed E-state index contributed by atoms with van der Waals surface area (Å²) in [5, 5.41) is 36.6. The molecule has 0 aliphatic rings. The molecule has 5 aromatic rings. The third-order valence-corrected chi connectivity index (χ3v) is 6.73. The molecular formula is C29H31N7O3. The van der Waals surface area contributed by atoms with Gasteiger partial charge in [0.15, 0.2) is 5.52 Å². The van der Waals surface area contributed by atoms with Crippen LogP contribution in [0.1, 0.15) is 28.8 Å². The number of para-hydroxylation sites is 2. The molecule has 2 aromatic heterocycles. The topological polar surface area (TPSA) is 124 Å². The average Bonchev–Trinajstić information content (AvgIpc) is 2.94. The number of aromatic nitrogens is 4. The Hall–Kier alpha value is -4.57. The lowest BCUT2D eigenvalue weighted by Gasteiger charge is -2.16. The number of carbonyl (C=O) groups excluding carboxylic acids is 1. The molecule has 3 aromatic carbocycles. The van der Waals surface area contributed by atoms with Crippen molar-refractivity contribution in [3.63, 3.8) is 0 Å². The zero-order valence-electron chi connectivity index (χ0n) is 22.1. The van der Waals surface area contributed by atoms with Gasteiger partial charge in [-0.05, 0) is 63.2 Å². The van der Waals surface area contributed by atoms with Crippen molar-refractivity contribution < 1.29 is 14.4 Å². The first kappa shape index (κ1) is 26.1. The number of hydrogen-bond acceptors (Lipinski definition) is 7. The van der Waals surface area contributed by atoms with E-state index in [1.165, 1.54) is 0 Å². The van der Waals surface area contributed by atoms with Gasteiger partial charge in [0.1, 0.15) is 0 Å². The van der Waals surface area contributed by atoms with Crippen LogP contribution in [0.15, 0.2) is 66.7 Å². The molecule has 200 valence electrons. The van der Waals surface area contributed by atoms with Crippen LogP contribution in [0.3, 0.4) is 0 Å². The van der Waals surface area contributed by atoms with Gasteiger partial charge in [-0.15, -0.1) is 0 Å². The van der Waals surface area contributed by atoms with Crippen LogP contribution in [0.25, 0.3) is 32.8 Å². The Morgan fingerprint density at radius 3 is 2.54 bits per heavy atom. The third-order valence-electron chi connectivity index (χ3n) is 6.73. The number of hydrogen-bond donors (Lipinski definition) is 2. The molecule has 39 heavy (non-hydrogen) atoms. The predicted molar refractivity (Wildman–Crippen MR) is 151 cm³/mol. The van der Waals surface area contributed by atoms with Crippen LogP contribution in [0.2, 0.25) is 0 Å². The van der Waals surface area contributed by atoms with Gasteiger partial charge < -0.3 is 20.6 Å². The zero-order valence-corrected chi connectivity index (χ0v) is 22.1. The molecule has 10 nitrogen and oxygen atoms in total. The fourth-order valence-electron chi connectivity index (χ4n) is 4.65. The molecule has 2 N–H and O–H groups in total. The molecule has 10 heteroatoms. The number of anilines is 1. The molecule has 0 fully saturated rings. The highest BCUT2D eigenvalue weighted by Crippen LogP contribution is 2.22. The second-order valence-electron chi connectivity index (χ2n) is 9.73. The molecule has 0 aliphatic heterocycles. The molecular weight excluding hydrogens is 494 g/mol. The van der Waals surface area contributed by atoms with Gasteiger partial charge in [0.25, 0.3) is 11.4 Å². The molecule has 0 bridgehead atoms. The number of amides is 1. The highest BCUT2D eigenvalue weighted by Gasteiger charge is 2.19. The van der Waals surface area contributed by atoms with Gasteiger partial charge >= 0.3 is 5.95 Å². The maximum atomic E-state index is 12.9. The summed E-state index contributed by atoms with van der Waals surface area (Å²) in [7, 11) is 2.01. The fraction of sp³-hybridized carbons (Fsp3) is 0.276. The molecule has 2 heterocycles. The predicted octanol–water partition coefficient (Wildman–Crippen LogP) is 3.07. The first-order valence-corrected chi connectivity index (χ1v) is 13.0. The van der Waals surface area contributed by atoms with E-state index in [4.69, 9.17) is 4.98 Å². The van der Waals surface area contributed by atoms with Crippen molar-refractivity contribution in [1.29, 1.82) is 0 Å². The van der Waals surface area contributed by atoms with Crippen LogP contribution in [0.4, 0.5) is 5.95 Å². The van der Waals surface area contributed by atoms with Crippen molar-refractivity contribution in [2.75, 3.05) is 38.5 Å². The van der Waals surface area contributed by atoms with Gasteiger partial charge in [0.2, 0.25) is 5.10 Å². The number of pyridine rings is 1. The Morgan fingerprint density at radius 1 is 0.923 bits per heavy atom. The van der Waals surface area contributed by atoms with Crippen molar-refractivity contribution >= 4 is 44.7 Å². The van der Waals surface area contributed by atoms with E-state index in [1.807, 2.05) is 56.4 Å². The monoisotopic (exact) mass is 525 g/mol. The highest BCUT2D eigenvalue weighted by molar-refractivity contribution is 6.07. The van der Waals surface area contributed by atoms with Crippen molar-refractivity contribution in [1.82, 2.24) is 20.3 Å². The van der Waals surface area contributed by atoms with E-state index in [0.29, 0.717) is 33.7 Å². The quantitative estimate of drug-likeness (QED) is 0.124. The molecule has 0 spiro atoms. The van der Waals surface area contributed by atoms with Crippen LogP contribution in [0.5, 0.6) is 0 Å². The lowest BCUT2D eigenvalue weighted by Crippen LogP contribution is -2.44. The minimum Gasteiger partial charge on any atom is -0.739 e.